The average molecular weight is 1890 g/mol. The van der Waals surface area contributed by atoms with Gasteiger partial charge in [0.25, 0.3) is 35.5 Å². The first-order chi connectivity index (χ1) is 64.1. The van der Waals surface area contributed by atoms with Crippen LogP contribution in [0.3, 0.4) is 0 Å². The maximum atomic E-state index is 14.3. The first kappa shape index (κ1) is 94.9. The normalized spacial score (nSPS) is 20.2. The van der Waals surface area contributed by atoms with E-state index in [2.05, 4.69) is 45.5 Å². The fraction of sp³-hybridized carbons (Fsp3) is 0.320. The summed E-state index contributed by atoms with van der Waals surface area (Å²) in [4.78, 5) is 106. The summed E-state index contributed by atoms with van der Waals surface area (Å²) in [5, 5.41) is 16.4. The molecule has 0 saturated carbocycles. The fourth-order valence-corrected chi connectivity index (χ4v) is 18.8. The highest BCUT2D eigenvalue weighted by molar-refractivity contribution is 6.03. The lowest BCUT2D eigenvalue weighted by molar-refractivity contribution is -0.138. The Balaban J connectivity index is 0.000000148. The van der Waals surface area contributed by atoms with E-state index in [0.717, 1.165) is 57.2 Å². The maximum Gasteiger partial charge on any atom is 0.416 e. The van der Waals surface area contributed by atoms with E-state index >= 15 is 0 Å². The molecule has 4 amide bonds. The minimum atomic E-state index is -4.51. The van der Waals surface area contributed by atoms with Gasteiger partial charge in [-0.25, -0.2) is 50.0 Å². The number of amides is 4. The number of hydrogen-bond acceptors (Lipinski definition) is 13. The van der Waals surface area contributed by atoms with Crippen molar-refractivity contribution in [1.29, 1.82) is 0 Å². The summed E-state index contributed by atoms with van der Waals surface area (Å²) >= 11 is 0. The number of anilines is 1. The molecule has 39 heteroatoms. The number of H-pyrrole nitrogens is 2. The zero-order valence-electron chi connectivity index (χ0n) is 74.4. The van der Waals surface area contributed by atoms with Crippen LogP contribution in [-0.2, 0) is 41.1 Å². The molecule has 7 unspecified atom stereocenters. The first-order valence-electron chi connectivity index (χ1n) is 43.5. The Labute approximate surface area is 766 Å². The van der Waals surface area contributed by atoms with E-state index in [1.807, 2.05) is 53.4 Å². The number of piperidine rings is 2. The third kappa shape index (κ3) is 18.8. The highest BCUT2D eigenvalue weighted by atomic mass is 19.4. The summed E-state index contributed by atoms with van der Waals surface area (Å²) < 4.78 is 210. The van der Waals surface area contributed by atoms with Crippen LogP contribution < -0.4 is 16.7 Å². The van der Waals surface area contributed by atoms with Gasteiger partial charge in [0.1, 0.15) is 6.04 Å². The number of aromatic amines is 2. The molecular formula is C97H89F15N18O6. The molecule has 12 heterocycles. The van der Waals surface area contributed by atoms with Crippen LogP contribution in [0.1, 0.15) is 183 Å². The molecule has 4 aliphatic heterocycles. The zero-order chi connectivity index (χ0) is 97.6. The van der Waals surface area contributed by atoms with Crippen LogP contribution in [-0.4, -0.2) is 155 Å². The number of hydrogen-bond donors (Lipinski definition) is 3. The number of carbonyl (C=O) groups is 4. The molecule has 136 heavy (non-hydrogen) atoms. The van der Waals surface area contributed by atoms with Gasteiger partial charge >= 0.3 is 29.9 Å². The minimum absolute atomic E-state index is 0.0974. The SMILES string of the molecule is CC1C(C)N(C2C(=O)Nc3cc(C(C)(F)F)ccc32)C(C)C(C)N1C(=O)c1cc(-c2ccncc2)n(-c2ccc(C(F)(F)F)cc2)n1.CC1CC(n2c(=O)[nH]c3cc(C(C)(F)F)ccc32)CC(C)N1C(=O)c1cc(-c2ccncc2)n(-c2ccc(C(F)(F)F)cc2)n1.C[C@@H]1C[C@@H](n2c(=O)[nH]c3cc(C(C)(F)F)ccc32)CCN1C(=O)c1cc(-c2ccncc2)n(-c2ccc(C(F)(F)F)cc2)n1. The summed E-state index contributed by atoms with van der Waals surface area (Å²) in [5.74, 6) is -10.6. The molecule has 0 aliphatic carbocycles. The molecule has 6 aromatic carbocycles. The van der Waals surface area contributed by atoms with Gasteiger partial charge in [0.05, 0.1) is 72.9 Å². The highest BCUT2D eigenvalue weighted by Gasteiger charge is 2.51. The third-order valence-corrected chi connectivity index (χ3v) is 25.8. The fourth-order valence-electron chi connectivity index (χ4n) is 18.8. The molecule has 0 spiro atoms. The highest BCUT2D eigenvalue weighted by Crippen LogP contribution is 2.46. The number of nitrogens with zero attached hydrogens (tertiary/aromatic N) is 15. The van der Waals surface area contributed by atoms with E-state index in [1.165, 1.54) is 99.0 Å². The number of piperazine rings is 1. The number of halogens is 15. The standard InChI is InChI=1S/C34H33F5N6O2.C32H29F5N6O2.C31H27F5N6O2/c1-18-20(3)44(21(4)19(2)43(18)30-26-11-8-24(33(5,35)36)16-27(26)41-31(30)46)32(47)28-17-29(22-12-14-40-15-13-22)45(42-28)25-9-6-23(7-10-25)34(37,38)39;1-18-14-24(42-27-9-6-22(31(3,33)34)16-25(27)39-30(42)45)15-19(2)41(18)29(44)26-17-28(20-10-12-38-13-11-20)43(40-26)23-7-4-21(5-8-23)32(35,36)37;1-18-15-23(41-26-8-5-21(30(2,32)33)16-24(26)38-29(41)44)11-14-40(18)28(43)25-17-27(19-9-12-37-13-10-19)42(39-25)22-6-3-20(4-7-22)31(34,35)36/h6-21,30H,1-5H3,(H,41,46);4-13,16-19,24H,14-15H2,1-3H3,(H,39,45);3-10,12-13,16-18,23H,11,14-15H2,1-2H3,(H,38,44)/t;;18-,23+/m..1/s1. The van der Waals surface area contributed by atoms with E-state index in [9.17, 15) is 94.6 Å². The summed E-state index contributed by atoms with van der Waals surface area (Å²) in [6.07, 6.45) is -2.39. The Hall–Kier alpha value is -14.3. The van der Waals surface area contributed by atoms with Crippen molar-refractivity contribution in [3.63, 3.8) is 0 Å². The molecule has 8 aromatic heterocycles. The number of benzene rings is 6. The second-order valence-electron chi connectivity index (χ2n) is 34.9. The van der Waals surface area contributed by atoms with E-state index < -0.39 is 82.5 Å². The van der Waals surface area contributed by atoms with Crippen molar-refractivity contribution in [2.75, 3.05) is 11.9 Å². The summed E-state index contributed by atoms with van der Waals surface area (Å²) in [6.45, 7) is 15.9. The zero-order valence-corrected chi connectivity index (χ0v) is 74.4. The quantitative estimate of drug-likeness (QED) is 0.0808. The number of aromatic nitrogens is 13. The number of pyridine rings is 3. The van der Waals surface area contributed by atoms with Gasteiger partial charge in [0.2, 0.25) is 5.91 Å². The van der Waals surface area contributed by atoms with Crippen LogP contribution in [0.2, 0.25) is 0 Å². The monoisotopic (exact) mass is 1890 g/mol. The largest absolute Gasteiger partial charge is 0.416 e. The van der Waals surface area contributed by atoms with Gasteiger partial charge in [-0.1, -0.05) is 24.3 Å². The summed E-state index contributed by atoms with van der Waals surface area (Å²) in [5.41, 5.74) is 3.59. The van der Waals surface area contributed by atoms with Gasteiger partial charge in [-0.2, -0.15) is 54.8 Å². The molecule has 0 bridgehead atoms. The summed E-state index contributed by atoms with van der Waals surface area (Å²) in [6, 6.07) is 37.3. The number of carbonyl (C=O) groups excluding carboxylic acids is 4. The number of fused-ring (bicyclic) bond motifs is 3. The number of nitrogens with one attached hydrogen (secondary N) is 3. The number of alkyl halides is 15. The Kier molecular flexibility index (Phi) is 25.2. The lowest BCUT2D eigenvalue weighted by Crippen LogP contribution is -2.67. The van der Waals surface area contributed by atoms with Crippen LogP contribution in [0.4, 0.5) is 71.5 Å². The minimum Gasteiger partial charge on any atom is -0.334 e. The van der Waals surface area contributed by atoms with Crippen molar-refractivity contribution in [3.8, 4) is 50.8 Å². The molecule has 24 nitrogen and oxygen atoms in total. The average Bonchev–Trinajstić information content (AvgIpc) is 1.24. The smallest absolute Gasteiger partial charge is 0.334 e. The van der Waals surface area contributed by atoms with Gasteiger partial charge in [0, 0.05) is 164 Å². The Morgan fingerprint density at radius 2 is 0.699 bits per heavy atom. The molecule has 0 radical (unpaired) electrons. The van der Waals surface area contributed by atoms with Crippen molar-refractivity contribution >= 4 is 51.4 Å². The van der Waals surface area contributed by atoms with Gasteiger partial charge in [0.15, 0.2) is 17.1 Å². The predicted molar refractivity (Wildman–Crippen MR) is 475 cm³/mol. The first-order valence-corrected chi connectivity index (χ1v) is 43.5. The molecule has 3 N–H and O–H groups in total. The van der Waals surface area contributed by atoms with Crippen molar-refractivity contribution in [3.05, 3.63) is 296 Å². The van der Waals surface area contributed by atoms with Crippen LogP contribution in [0, 0.1) is 0 Å². The Bertz CT molecular complexity index is 6910. The topological polar surface area (TPSA) is 261 Å². The van der Waals surface area contributed by atoms with E-state index in [0.29, 0.717) is 116 Å². The van der Waals surface area contributed by atoms with Gasteiger partial charge in [-0.05, 0) is 232 Å². The van der Waals surface area contributed by atoms with Crippen molar-refractivity contribution in [1.82, 2.24) is 83.0 Å². The number of likely N-dealkylation sites (tertiary alicyclic amines) is 2. The van der Waals surface area contributed by atoms with E-state index in [-0.39, 0.29) is 99.7 Å². The molecule has 3 saturated heterocycles. The Morgan fingerprint density at radius 1 is 0.368 bits per heavy atom. The third-order valence-electron chi connectivity index (χ3n) is 25.8. The second-order valence-corrected chi connectivity index (χ2v) is 34.9. The number of imidazole rings is 2. The van der Waals surface area contributed by atoms with Crippen LogP contribution in [0.5, 0.6) is 0 Å². The van der Waals surface area contributed by atoms with Crippen molar-refractivity contribution in [2.24, 2.45) is 0 Å². The molecule has 18 rings (SSSR count). The van der Waals surface area contributed by atoms with Crippen molar-refractivity contribution < 1.29 is 85.0 Å². The van der Waals surface area contributed by atoms with Crippen LogP contribution in [0.25, 0.3) is 72.9 Å². The summed E-state index contributed by atoms with van der Waals surface area (Å²) in [7, 11) is 0. The second kappa shape index (κ2) is 36.2. The molecular weight excluding hydrogens is 1800 g/mol. The lowest BCUT2D eigenvalue weighted by Gasteiger charge is -2.54. The molecule has 9 atom stereocenters. The van der Waals surface area contributed by atoms with E-state index in [4.69, 9.17) is 0 Å². The van der Waals surface area contributed by atoms with Gasteiger partial charge < -0.3 is 30.0 Å². The Morgan fingerprint density at radius 3 is 1.06 bits per heavy atom. The molecule has 4 aliphatic rings. The van der Waals surface area contributed by atoms with Crippen LogP contribution >= 0.6 is 0 Å². The van der Waals surface area contributed by atoms with Gasteiger partial charge in [-0.3, -0.25) is 48.2 Å². The molecule has 708 valence electrons. The van der Waals surface area contributed by atoms with Crippen molar-refractivity contribution in [2.45, 2.75) is 192 Å². The maximum absolute atomic E-state index is 14.3. The van der Waals surface area contributed by atoms with E-state index in [1.54, 1.807) is 122 Å². The number of rotatable bonds is 15. The molecule has 14 aromatic rings. The van der Waals surface area contributed by atoms with Gasteiger partial charge in [-0.15, -0.1) is 0 Å². The van der Waals surface area contributed by atoms with Crippen LogP contribution in [0.15, 0.2) is 229 Å². The lowest BCUT2D eigenvalue weighted by atomic mass is 9.90. The predicted octanol–water partition coefficient (Wildman–Crippen LogP) is 20.6. The molecule has 3 fully saturated rings.